The van der Waals surface area contributed by atoms with Crippen molar-refractivity contribution in [2.24, 2.45) is 5.41 Å². The molecule has 0 spiro atoms. The Balaban J connectivity index is 2.00. The lowest BCUT2D eigenvalue weighted by Crippen LogP contribution is -2.39. The van der Waals surface area contributed by atoms with E-state index in [2.05, 4.69) is 23.6 Å². The first-order valence-corrected chi connectivity index (χ1v) is 8.36. The SMILES string of the molecule is CCC1(C)CCC(NS(=O)(=O)c2cccnc2)CC1. The van der Waals surface area contributed by atoms with Gasteiger partial charge in [0.2, 0.25) is 10.0 Å². The lowest BCUT2D eigenvalue weighted by atomic mass is 9.72. The summed E-state index contributed by atoms with van der Waals surface area (Å²) in [5.74, 6) is 0. The van der Waals surface area contributed by atoms with Gasteiger partial charge in [0.1, 0.15) is 4.90 Å². The number of rotatable bonds is 4. The third-order valence-corrected chi connectivity index (χ3v) is 5.82. The molecule has 1 aromatic heterocycles. The maximum Gasteiger partial charge on any atom is 0.242 e. The molecule has 1 N–H and O–H groups in total. The number of nitrogens with zero attached hydrogens (tertiary/aromatic N) is 1. The molecule has 0 bridgehead atoms. The van der Waals surface area contributed by atoms with Crippen LogP contribution in [0.2, 0.25) is 0 Å². The highest BCUT2D eigenvalue weighted by Crippen LogP contribution is 2.38. The van der Waals surface area contributed by atoms with E-state index in [4.69, 9.17) is 0 Å². The van der Waals surface area contributed by atoms with E-state index in [-0.39, 0.29) is 10.9 Å². The van der Waals surface area contributed by atoms with Gasteiger partial charge in [0.15, 0.2) is 0 Å². The number of nitrogens with one attached hydrogen (secondary N) is 1. The van der Waals surface area contributed by atoms with E-state index < -0.39 is 10.0 Å². The fourth-order valence-corrected chi connectivity index (χ4v) is 3.85. The van der Waals surface area contributed by atoms with Crippen LogP contribution in [0.15, 0.2) is 29.4 Å². The van der Waals surface area contributed by atoms with Crippen molar-refractivity contribution in [1.29, 1.82) is 0 Å². The van der Waals surface area contributed by atoms with Gasteiger partial charge >= 0.3 is 0 Å². The number of hydrogen-bond donors (Lipinski definition) is 1. The number of pyridine rings is 1. The third-order valence-electron chi connectivity index (χ3n) is 4.31. The Bertz CT molecular complexity index is 506. The summed E-state index contributed by atoms with van der Waals surface area (Å²) in [6.45, 7) is 4.50. The van der Waals surface area contributed by atoms with E-state index in [1.807, 2.05) is 0 Å². The molecule has 4 nitrogen and oxygen atoms in total. The largest absolute Gasteiger partial charge is 0.263 e. The molecule has 19 heavy (non-hydrogen) atoms. The van der Waals surface area contributed by atoms with E-state index in [0.29, 0.717) is 5.41 Å². The predicted molar refractivity (Wildman–Crippen MR) is 75.2 cm³/mol. The van der Waals surface area contributed by atoms with E-state index >= 15 is 0 Å². The summed E-state index contributed by atoms with van der Waals surface area (Å²) >= 11 is 0. The number of aromatic nitrogens is 1. The quantitative estimate of drug-likeness (QED) is 0.923. The highest BCUT2D eigenvalue weighted by molar-refractivity contribution is 7.89. The molecule has 0 radical (unpaired) electrons. The second-order valence-corrected chi connectivity index (χ2v) is 7.46. The van der Waals surface area contributed by atoms with Crippen molar-refractivity contribution in [3.63, 3.8) is 0 Å². The molecule has 1 heterocycles. The molecule has 0 atom stereocenters. The van der Waals surface area contributed by atoms with Crippen molar-refractivity contribution in [1.82, 2.24) is 9.71 Å². The standard InChI is InChI=1S/C14H22N2O2S/c1-3-14(2)8-6-12(7-9-14)16-19(17,18)13-5-4-10-15-11-13/h4-5,10-12,16H,3,6-9H2,1-2H3. The lowest BCUT2D eigenvalue weighted by Gasteiger charge is -2.36. The summed E-state index contributed by atoms with van der Waals surface area (Å²) in [5.41, 5.74) is 0.385. The van der Waals surface area contributed by atoms with Crippen LogP contribution in [-0.4, -0.2) is 19.4 Å². The number of sulfonamides is 1. The fraction of sp³-hybridized carbons (Fsp3) is 0.643. The minimum absolute atomic E-state index is 0.0600. The molecule has 0 saturated heterocycles. The molecule has 1 aromatic rings. The van der Waals surface area contributed by atoms with Gasteiger partial charge in [0.05, 0.1) is 0 Å². The average Bonchev–Trinajstić information content (AvgIpc) is 2.42. The Hall–Kier alpha value is -0.940. The third kappa shape index (κ3) is 3.54. The van der Waals surface area contributed by atoms with Crippen LogP contribution >= 0.6 is 0 Å². The molecule has 0 aliphatic heterocycles. The normalized spacial score (nSPS) is 28.2. The van der Waals surface area contributed by atoms with Gasteiger partial charge in [-0.2, -0.15) is 0 Å². The van der Waals surface area contributed by atoms with Crippen molar-refractivity contribution in [2.45, 2.75) is 56.9 Å². The Morgan fingerprint density at radius 2 is 2.11 bits per heavy atom. The Kier molecular flexibility index (Phi) is 4.26. The van der Waals surface area contributed by atoms with Gasteiger partial charge in [0.25, 0.3) is 0 Å². The summed E-state index contributed by atoms with van der Waals surface area (Å²) in [6, 6.07) is 3.28. The van der Waals surface area contributed by atoms with Crippen LogP contribution in [0, 0.1) is 5.41 Å². The van der Waals surface area contributed by atoms with Crippen LogP contribution in [0.3, 0.4) is 0 Å². The van der Waals surface area contributed by atoms with Crippen LogP contribution in [0.1, 0.15) is 46.0 Å². The summed E-state index contributed by atoms with van der Waals surface area (Å²) in [7, 11) is -3.42. The zero-order valence-electron chi connectivity index (χ0n) is 11.6. The first kappa shape index (κ1) is 14.5. The molecule has 0 aromatic carbocycles. The molecule has 1 saturated carbocycles. The van der Waals surface area contributed by atoms with E-state index in [1.165, 1.54) is 6.20 Å². The molecule has 1 aliphatic rings. The molecule has 0 unspecified atom stereocenters. The van der Waals surface area contributed by atoms with Crippen LogP contribution in [0.25, 0.3) is 0 Å². The molecule has 106 valence electrons. The molecular formula is C14H22N2O2S. The summed E-state index contributed by atoms with van der Waals surface area (Å²) in [5, 5.41) is 0. The molecule has 5 heteroatoms. The lowest BCUT2D eigenvalue weighted by molar-refractivity contribution is 0.187. The van der Waals surface area contributed by atoms with Gasteiger partial charge in [-0.3, -0.25) is 4.98 Å². The van der Waals surface area contributed by atoms with Gasteiger partial charge < -0.3 is 0 Å². The highest BCUT2D eigenvalue weighted by Gasteiger charge is 2.31. The average molecular weight is 282 g/mol. The van der Waals surface area contributed by atoms with E-state index in [1.54, 1.807) is 18.3 Å². The smallest absolute Gasteiger partial charge is 0.242 e. The minimum atomic E-state index is -3.42. The van der Waals surface area contributed by atoms with E-state index in [9.17, 15) is 8.42 Å². The Labute approximate surface area is 115 Å². The Morgan fingerprint density at radius 1 is 1.42 bits per heavy atom. The van der Waals surface area contributed by atoms with E-state index in [0.717, 1.165) is 32.1 Å². The van der Waals surface area contributed by atoms with Crippen molar-refractivity contribution in [2.75, 3.05) is 0 Å². The van der Waals surface area contributed by atoms with Crippen molar-refractivity contribution in [3.8, 4) is 0 Å². The van der Waals surface area contributed by atoms with Crippen LogP contribution in [0.5, 0.6) is 0 Å². The van der Waals surface area contributed by atoms with Gasteiger partial charge in [-0.1, -0.05) is 20.3 Å². The first-order valence-electron chi connectivity index (χ1n) is 6.87. The molecule has 2 rings (SSSR count). The second-order valence-electron chi connectivity index (χ2n) is 5.75. The summed E-state index contributed by atoms with van der Waals surface area (Å²) in [6.07, 6.45) is 8.14. The zero-order chi connectivity index (χ0) is 13.9. The second kappa shape index (κ2) is 5.59. The van der Waals surface area contributed by atoms with Gasteiger partial charge in [-0.05, 0) is 43.2 Å². The topological polar surface area (TPSA) is 59.1 Å². The Morgan fingerprint density at radius 3 is 2.63 bits per heavy atom. The highest BCUT2D eigenvalue weighted by atomic mass is 32.2. The molecule has 0 amide bonds. The maximum atomic E-state index is 12.2. The molecule has 1 fully saturated rings. The van der Waals surface area contributed by atoms with Crippen molar-refractivity contribution >= 4 is 10.0 Å². The fourth-order valence-electron chi connectivity index (χ4n) is 2.58. The monoisotopic (exact) mass is 282 g/mol. The van der Waals surface area contributed by atoms with Crippen LogP contribution in [-0.2, 0) is 10.0 Å². The zero-order valence-corrected chi connectivity index (χ0v) is 12.4. The van der Waals surface area contributed by atoms with Gasteiger partial charge in [-0.15, -0.1) is 0 Å². The summed E-state index contributed by atoms with van der Waals surface area (Å²) in [4.78, 5) is 4.11. The first-order chi connectivity index (χ1) is 8.95. The molecule has 1 aliphatic carbocycles. The van der Waals surface area contributed by atoms with Crippen LogP contribution < -0.4 is 4.72 Å². The van der Waals surface area contributed by atoms with Crippen molar-refractivity contribution < 1.29 is 8.42 Å². The summed E-state index contributed by atoms with van der Waals surface area (Å²) < 4.78 is 27.2. The van der Waals surface area contributed by atoms with Crippen molar-refractivity contribution in [3.05, 3.63) is 24.5 Å². The molecular weight excluding hydrogens is 260 g/mol. The van der Waals surface area contributed by atoms with Crippen LogP contribution in [0.4, 0.5) is 0 Å². The number of hydrogen-bond acceptors (Lipinski definition) is 3. The van der Waals surface area contributed by atoms with Gasteiger partial charge in [-0.25, -0.2) is 13.1 Å². The predicted octanol–water partition coefficient (Wildman–Crippen LogP) is 2.72. The minimum Gasteiger partial charge on any atom is -0.263 e. The maximum absolute atomic E-state index is 12.2. The van der Waals surface area contributed by atoms with Gasteiger partial charge in [0, 0.05) is 18.4 Å².